The van der Waals surface area contributed by atoms with Gasteiger partial charge >= 0.3 is 6.03 Å². The number of likely N-dealkylation sites (N-methyl/N-ethyl adjacent to an activating group) is 1. The van der Waals surface area contributed by atoms with Crippen molar-refractivity contribution in [3.63, 3.8) is 0 Å². The number of hydrogen-bond acceptors (Lipinski definition) is 3. The first-order valence-electron chi connectivity index (χ1n) is 7.78. The summed E-state index contributed by atoms with van der Waals surface area (Å²) in [4.78, 5) is 14.2. The second kappa shape index (κ2) is 7.67. The molecule has 23 heavy (non-hydrogen) atoms. The molecule has 0 unspecified atom stereocenters. The SMILES string of the molecule is C[C@H](NC(=O)NC[C@@H](C)N(C)c1ccccc1)c1cnn(C)c1. The summed E-state index contributed by atoms with van der Waals surface area (Å²) in [6, 6.07) is 10.1. The summed E-state index contributed by atoms with van der Waals surface area (Å²) in [7, 11) is 3.88. The second-order valence-electron chi connectivity index (χ2n) is 5.82. The Labute approximate surface area is 137 Å². The number of aromatic nitrogens is 2. The molecule has 1 heterocycles. The van der Waals surface area contributed by atoms with Crippen LogP contribution in [0.4, 0.5) is 10.5 Å². The van der Waals surface area contributed by atoms with Crippen LogP contribution in [-0.2, 0) is 7.05 Å². The monoisotopic (exact) mass is 315 g/mol. The van der Waals surface area contributed by atoms with Crippen molar-refractivity contribution in [2.45, 2.75) is 25.9 Å². The van der Waals surface area contributed by atoms with E-state index in [1.807, 2.05) is 45.4 Å². The van der Waals surface area contributed by atoms with Gasteiger partial charge in [-0.25, -0.2) is 4.79 Å². The van der Waals surface area contributed by atoms with Crippen LogP contribution in [0.15, 0.2) is 42.7 Å². The molecule has 0 aliphatic carbocycles. The van der Waals surface area contributed by atoms with E-state index in [2.05, 4.69) is 39.7 Å². The van der Waals surface area contributed by atoms with Crippen molar-refractivity contribution in [1.29, 1.82) is 0 Å². The van der Waals surface area contributed by atoms with Crippen LogP contribution in [0.3, 0.4) is 0 Å². The molecule has 1 aromatic heterocycles. The molecule has 0 saturated carbocycles. The molecular weight excluding hydrogens is 290 g/mol. The van der Waals surface area contributed by atoms with Gasteiger partial charge in [-0.3, -0.25) is 4.68 Å². The summed E-state index contributed by atoms with van der Waals surface area (Å²) in [6.07, 6.45) is 3.66. The van der Waals surface area contributed by atoms with E-state index in [0.29, 0.717) is 6.54 Å². The van der Waals surface area contributed by atoms with E-state index in [-0.39, 0.29) is 18.1 Å². The van der Waals surface area contributed by atoms with Gasteiger partial charge in [0.15, 0.2) is 0 Å². The molecule has 0 aliphatic rings. The highest BCUT2D eigenvalue weighted by atomic mass is 16.2. The molecule has 0 bridgehead atoms. The fourth-order valence-corrected chi connectivity index (χ4v) is 2.29. The van der Waals surface area contributed by atoms with Gasteiger partial charge < -0.3 is 15.5 Å². The van der Waals surface area contributed by atoms with Gasteiger partial charge in [0.1, 0.15) is 0 Å². The van der Waals surface area contributed by atoms with E-state index in [4.69, 9.17) is 0 Å². The normalized spacial score (nSPS) is 13.2. The molecule has 6 nitrogen and oxygen atoms in total. The Morgan fingerprint density at radius 3 is 2.61 bits per heavy atom. The zero-order valence-electron chi connectivity index (χ0n) is 14.2. The summed E-state index contributed by atoms with van der Waals surface area (Å²) in [5.74, 6) is 0. The third-order valence-electron chi connectivity index (χ3n) is 3.96. The number of urea groups is 1. The molecule has 2 aromatic rings. The number of nitrogens with one attached hydrogen (secondary N) is 2. The molecule has 0 fully saturated rings. The standard InChI is InChI=1S/C17H25N5O/c1-13(22(4)16-8-6-5-7-9-16)10-18-17(23)20-14(2)15-11-19-21(3)12-15/h5-9,11-14H,10H2,1-4H3,(H2,18,20,23)/t13-,14+/m1/s1. The maximum Gasteiger partial charge on any atom is 0.315 e. The van der Waals surface area contributed by atoms with E-state index >= 15 is 0 Å². The molecule has 0 saturated heterocycles. The van der Waals surface area contributed by atoms with Crippen LogP contribution >= 0.6 is 0 Å². The van der Waals surface area contributed by atoms with Crippen LogP contribution in [-0.4, -0.2) is 35.4 Å². The topological polar surface area (TPSA) is 62.2 Å². The van der Waals surface area contributed by atoms with Crippen LogP contribution in [0.2, 0.25) is 0 Å². The third kappa shape index (κ3) is 4.74. The Kier molecular flexibility index (Phi) is 5.62. The first-order chi connectivity index (χ1) is 11.0. The second-order valence-corrected chi connectivity index (χ2v) is 5.82. The zero-order chi connectivity index (χ0) is 16.8. The van der Waals surface area contributed by atoms with Crippen molar-refractivity contribution in [2.75, 3.05) is 18.5 Å². The van der Waals surface area contributed by atoms with Gasteiger partial charge in [-0.1, -0.05) is 18.2 Å². The van der Waals surface area contributed by atoms with Crippen molar-refractivity contribution in [1.82, 2.24) is 20.4 Å². The number of rotatable bonds is 6. The Hall–Kier alpha value is -2.50. The number of carbonyl (C=O) groups excluding carboxylic acids is 1. The predicted molar refractivity (Wildman–Crippen MR) is 92.5 cm³/mol. The zero-order valence-corrected chi connectivity index (χ0v) is 14.2. The molecule has 2 N–H and O–H groups in total. The number of hydrogen-bond donors (Lipinski definition) is 2. The molecule has 124 valence electrons. The molecule has 0 aliphatic heterocycles. The summed E-state index contributed by atoms with van der Waals surface area (Å²) in [5, 5.41) is 9.96. The van der Waals surface area contributed by atoms with E-state index in [1.54, 1.807) is 10.9 Å². The van der Waals surface area contributed by atoms with Crippen molar-refractivity contribution in [3.8, 4) is 0 Å². The van der Waals surface area contributed by atoms with Gasteiger partial charge in [-0.15, -0.1) is 0 Å². The number of aryl methyl sites for hydroxylation is 1. The van der Waals surface area contributed by atoms with Crippen LogP contribution in [0.5, 0.6) is 0 Å². The van der Waals surface area contributed by atoms with Crippen LogP contribution < -0.4 is 15.5 Å². The molecule has 0 radical (unpaired) electrons. The first-order valence-corrected chi connectivity index (χ1v) is 7.78. The molecule has 6 heteroatoms. The minimum absolute atomic E-state index is 0.0779. The average molecular weight is 315 g/mol. The smallest absolute Gasteiger partial charge is 0.315 e. The maximum absolute atomic E-state index is 12.0. The van der Waals surface area contributed by atoms with Crippen molar-refractivity contribution < 1.29 is 4.79 Å². The molecule has 2 atom stereocenters. The lowest BCUT2D eigenvalue weighted by molar-refractivity contribution is 0.237. The fourth-order valence-electron chi connectivity index (χ4n) is 2.29. The highest BCUT2D eigenvalue weighted by Gasteiger charge is 2.14. The van der Waals surface area contributed by atoms with Crippen molar-refractivity contribution in [3.05, 3.63) is 48.3 Å². The first kappa shape index (κ1) is 16.9. The number of amides is 2. The quantitative estimate of drug-likeness (QED) is 0.860. The fraction of sp³-hybridized carbons (Fsp3) is 0.412. The lowest BCUT2D eigenvalue weighted by Gasteiger charge is -2.27. The average Bonchev–Trinajstić information content (AvgIpc) is 2.99. The van der Waals surface area contributed by atoms with Crippen LogP contribution in [0.1, 0.15) is 25.5 Å². The molecule has 1 aromatic carbocycles. The van der Waals surface area contributed by atoms with Crippen molar-refractivity contribution in [2.24, 2.45) is 7.05 Å². The number of benzene rings is 1. The van der Waals surface area contributed by atoms with E-state index in [1.165, 1.54) is 0 Å². The molecule has 2 rings (SSSR count). The number of carbonyl (C=O) groups is 1. The number of nitrogens with zero attached hydrogens (tertiary/aromatic N) is 3. The van der Waals surface area contributed by atoms with E-state index in [9.17, 15) is 4.79 Å². The highest BCUT2D eigenvalue weighted by molar-refractivity contribution is 5.74. The maximum atomic E-state index is 12.0. The van der Waals surface area contributed by atoms with Gasteiger partial charge in [0.25, 0.3) is 0 Å². The third-order valence-corrected chi connectivity index (χ3v) is 3.96. The summed E-state index contributed by atoms with van der Waals surface area (Å²) < 4.78 is 1.72. The lowest BCUT2D eigenvalue weighted by atomic mass is 10.2. The molecule has 0 spiro atoms. The minimum atomic E-state index is -0.172. The minimum Gasteiger partial charge on any atom is -0.370 e. The summed E-state index contributed by atoms with van der Waals surface area (Å²) >= 11 is 0. The molecular formula is C17H25N5O. The van der Waals surface area contributed by atoms with Crippen LogP contribution in [0.25, 0.3) is 0 Å². The number of para-hydroxylation sites is 1. The predicted octanol–water partition coefficient (Wildman–Crippen LogP) is 2.31. The lowest BCUT2D eigenvalue weighted by Crippen LogP contribution is -2.44. The van der Waals surface area contributed by atoms with Gasteiger partial charge in [-0.2, -0.15) is 5.10 Å². The summed E-state index contributed by atoms with van der Waals surface area (Å²) in [6.45, 7) is 4.59. The van der Waals surface area contributed by atoms with Gasteiger partial charge in [0.05, 0.1) is 12.2 Å². The Bertz CT molecular complexity index is 625. The van der Waals surface area contributed by atoms with Gasteiger partial charge in [0.2, 0.25) is 0 Å². The molecule has 2 amide bonds. The van der Waals surface area contributed by atoms with Crippen LogP contribution in [0, 0.1) is 0 Å². The Balaban J connectivity index is 1.79. The number of anilines is 1. The van der Waals surface area contributed by atoms with Gasteiger partial charge in [0, 0.05) is 44.1 Å². The Morgan fingerprint density at radius 1 is 1.30 bits per heavy atom. The van der Waals surface area contributed by atoms with E-state index in [0.717, 1.165) is 11.3 Å². The summed E-state index contributed by atoms with van der Waals surface area (Å²) in [5.41, 5.74) is 2.11. The largest absolute Gasteiger partial charge is 0.370 e. The van der Waals surface area contributed by atoms with Gasteiger partial charge in [-0.05, 0) is 26.0 Å². The Morgan fingerprint density at radius 2 is 2.00 bits per heavy atom. The van der Waals surface area contributed by atoms with Crippen molar-refractivity contribution >= 4 is 11.7 Å². The highest BCUT2D eigenvalue weighted by Crippen LogP contribution is 2.13. The van der Waals surface area contributed by atoms with E-state index < -0.39 is 0 Å².